The SMILES string of the molecule is CC(CO)(COC1CCCCO1)NC(=O)OC(C)(C)C. The van der Waals surface area contributed by atoms with Gasteiger partial charge in [0.2, 0.25) is 0 Å². The molecule has 6 nitrogen and oxygen atoms in total. The summed E-state index contributed by atoms with van der Waals surface area (Å²) in [4.78, 5) is 11.8. The minimum absolute atomic E-state index is 0.174. The summed E-state index contributed by atoms with van der Waals surface area (Å²) < 4.78 is 16.3. The Hall–Kier alpha value is -0.850. The zero-order valence-corrected chi connectivity index (χ0v) is 12.9. The fourth-order valence-electron chi connectivity index (χ4n) is 1.79. The van der Waals surface area contributed by atoms with Crippen LogP contribution in [0.15, 0.2) is 0 Å². The molecule has 0 saturated carbocycles. The van der Waals surface area contributed by atoms with Gasteiger partial charge in [-0.25, -0.2) is 4.79 Å². The maximum Gasteiger partial charge on any atom is 0.408 e. The molecule has 0 aromatic rings. The highest BCUT2D eigenvalue weighted by Crippen LogP contribution is 2.16. The van der Waals surface area contributed by atoms with Crippen molar-refractivity contribution >= 4 is 6.09 Å². The van der Waals surface area contributed by atoms with Gasteiger partial charge in [0, 0.05) is 6.61 Å². The van der Waals surface area contributed by atoms with Gasteiger partial charge >= 0.3 is 6.09 Å². The lowest BCUT2D eigenvalue weighted by Gasteiger charge is -2.32. The molecule has 0 aliphatic carbocycles. The summed E-state index contributed by atoms with van der Waals surface area (Å²) in [5.41, 5.74) is -1.46. The zero-order valence-electron chi connectivity index (χ0n) is 12.9. The first-order chi connectivity index (χ1) is 9.24. The first-order valence-corrected chi connectivity index (χ1v) is 7.09. The monoisotopic (exact) mass is 289 g/mol. The standard InChI is InChI=1S/C14H27NO5/c1-13(2,3)20-12(17)15-14(4,9-16)10-19-11-7-5-6-8-18-11/h11,16H,5-10H2,1-4H3,(H,15,17). The number of ether oxygens (including phenoxy) is 3. The van der Waals surface area contributed by atoms with Gasteiger partial charge in [0.05, 0.1) is 18.8 Å². The van der Waals surface area contributed by atoms with Crippen molar-refractivity contribution in [2.75, 3.05) is 19.8 Å². The number of alkyl carbamates (subject to hydrolysis) is 1. The molecule has 118 valence electrons. The van der Waals surface area contributed by atoms with Crippen LogP contribution in [0.1, 0.15) is 47.0 Å². The van der Waals surface area contributed by atoms with E-state index in [1.54, 1.807) is 27.7 Å². The molecule has 0 aromatic carbocycles. The van der Waals surface area contributed by atoms with E-state index in [0.717, 1.165) is 19.3 Å². The lowest BCUT2D eigenvalue weighted by atomic mass is 10.1. The van der Waals surface area contributed by atoms with E-state index in [1.165, 1.54) is 0 Å². The van der Waals surface area contributed by atoms with Crippen LogP contribution in [-0.2, 0) is 14.2 Å². The number of amides is 1. The van der Waals surface area contributed by atoms with E-state index in [9.17, 15) is 9.90 Å². The van der Waals surface area contributed by atoms with E-state index in [2.05, 4.69) is 5.32 Å². The lowest BCUT2D eigenvalue weighted by molar-refractivity contribution is -0.174. The van der Waals surface area contributed by atoms with Gasteiger partial charge in [0.1, 0.15) is 5.60 Å². The van der Waals surface area contributed by atoms with Crippen molar-refractivity contribution in [3.8, 4) is 0 Å². The number of rotatable bonds is 5. The predicted octanol–water partition coefficient (Wildman–Crippen LogP) is 1.81. The Morgan fingerprint density at radius 1 is 1.35 bits per heavy atom. The van der Waals surface area contributed by atoms with E-state index in [1.807, 2.05) is 0 Å². The molecule has 1 aliphatic rings. The number of carbonyl (C=O) groups is 1. The third-order valence-corrected chi connectivity index (χ3v) is 2.88. The van der Waals surface area contributed by atoms with Crippen LogP contribution in [-0.4, -0.2) is 48.5 Å². The summed E-state index contributed by atoms with van der Waals surface area (Å²) in [6, 6.07) is 0. The van der Waals surface area contributed by atoms with Gasteiger partial charge in [-0.3, -0.25) is 0 Å². The molecule has 1 saturated heterocycles. The number of hydrogen-bond acceptors (Lipinski definition) is 5. The number of aliphatic hydroxyl groups is 1. The summed E-state index contributed by atoms with van der Waals surface area (Å²) in [6.07, 6.45) is 2.14. The summed E-state index contributed by atoms with van der Waals surface area (Å²) in [5, 5.41) is 12.1. The van der Waals surface area contributed by atoms with Gasteiger partial charge in [-0.15, -0.1) is 0 Å². The number of aliphatic hydroxyl groups excluding tert-OH is 1. The van der Waals surface area contributed by atoms with Crippen LogP contribution < -0.4 is 5.32 Å². The predicted molar refractivity (Wildman–Crippen MR) is 74.4 cm³/mol. The second-order valence-electron chi connectivity index (χ2n) is 6.45. The van der Waals surface area contributed by atoms with Crippen molar-refractivity contribution in [3.63, 3.8) is 0 Å². The van der Waals surface area contributed by atoms with Gasteiger partial charge < -0.3 is 24.6 Å². The van der Waals surface area contributed by atoms with Crippen molar-refractivity contribution < 1.29 is 24.1 Å². The van der Waals surface area contributed by atoms with Crippen LogP contribution in [0.4, 0.5) is 4.79 Å². The average molecular weight is 289 g/mol. The Morgan fingerprint density at radius 2 is 2.05 bits per heavy atom. The minimum Gasteiger partial charge on any atom is -0.444 e. The second-order valence-corrected chi connectivity index (χ2v) is 6.45. The Kier molecular flexibility index (Phi) is 6.23. The molecule has 1 rings (SSSR count). The Morgan fingerprint density at radius 3 is 2.55 bits per heavy atom. The van der Waals surface area contributed by atoms with Crippen LogP contribution in [0.25, 0.3) is 0 Å². The molecule has 1 aliphatic heterocycles. The van der Waals surface area contributed by atoms with E-state index < -0.39 is 17.2 Å². The van der Waals surface area contributed by atoms with Crippen LogP contribution in [0.2, 0.25) is 0 Å². The molecule has 0 spiro atoms. The summed E-state index contributed by atoms with van der Waals surface area (Å²) in [6.45, 7) is 7.70. The van der Waals surface area contributed by atoms with E-state index >= 15 is 0 Å². The molecule has 6 heteroatoms. The number of hydrogen-bond donors (Lipinski definition) is 2. The molecule has 2 unspecified atom stereocenters. The molecule has 0 bridgehead atoms. The van der Waals surface area contributed by atoms with Gasteiger partial charge in [-0.05, 0) is 47.0 Å². The average Bonchev–Trinajstić information content (AvgIpc) is 2.35. The molecule has 2 atom stereocenters. The first kappa shape index (κ1) is 17.2. The van der Waals surface area contributed by atoms with Crippen LogP contribution in [0, 0.1) is 0 Å². The largest absolute Gasteiger partial charge is 0.444 e. The van der Waals surface area contributed by atoms with Crippen molar-refractivity contribution in [1.82, 2.24) is 5.32 Å². The molecular weight excluding hydrogens is 262 g/mol. The van der Waals surface area contributed by atoms with Crippen LogP contribution >= 0.6 is 0 Å². The van der Waals surface area contributed by atoms with Crippen LogP contribution in [0.5, 0.6) is 0 Å². The Labute approximate surface area is 120 Å². The normalized spacial score (nSPS) is 22.9. The fourth-order valence-corrected chi connectivity index (χ4v) is 1.79. The van der Waals surface area contributed by atoms with Crippen molar-refractivity contribution in [2.24, 2.45) is 0 Å². The van der Waals surface area contributed by atoms with Gasteiger partial charge in [0.15, 0.2) is 6.29 Å². The minimum atomic E-state index is -0.886. The van der Waals surface area contributed by atoms with E-state index in [4.69, 9.17) is 14.2 Å². The van der Waals surface area contributed by atoms with Gasteiger partial charge in [-0.2, -0.15) is 0 Å². The first-order valence-electron chi connectivity index (χ1n) is 7.09. The highest BCUT2D eigenvalue weighted by molar-refractivity contribution is 5.68. The summed E-state index contributed by atoms with van der Waals surface area (Å²) in [7, 11) is 0. The summed E-state index contributed by atoms with van der Waals surface area (Å²) in [5.74, 6) is 0. The topological polar surface area (TPSA) is 77.0 Å². The molecule has 2 N–H and O–H groups in total. The molecule has 1 fully saturated rings. The summed E-state index contributed by atoms with van der Waals surface area (Å²) >= 11 is 0. The fraction of sp³-hybridized carbons (Fsp3) is 0.929. The molecule has 0 radical (unpaired) electrons. The lowest BCUT2D eigenvalue weighted by Crippen LogP contribution is -2.54. The molecule has 1 amide bonds. The highest BCUT2D eigenvalue weighted by Gasteiger charge is 2.30. The van der Waals surface area contributed by atoms with E-state index in [0.29, 0.717) is 6.61 Å². The third-order valence-electron chi connectivity index (χ3n) is 2.88. The quantitative estimate of drug-likeness (QED) is 0.807. The molecule has 1 heterocycles. The van der Waals surface area contributed by atoms with Crippen molar-refractivity contribution in [2.45, 2.75) is 64.4 Å². The number of carbonyl (C=O) groups excluding carboxylic acids is 1. The molecule has 0 aromatic heterocycles. The van der Waals surface area contributed by atoms with Gasteiger partial charge in [0.25, 0.3) is 0 Å². The zero-order chi connectivity index (χ0) is 15.2. The van der Waals surface area contributed by atoms with Gasteiger partial charge in [-0.1, -0.05) is 0 Å². The van der Waals surface area contributed by atoms with Crippen LogP contribution in [0.3, 0.4) is 0 Å². The Bertz CT molecular complexity index is 309. The van der Waals surface area contributed by atoms with Crippen molar-refractivity contribution in [3.05, 3.63) is 0 Å². The smallest absolute Gasteiger partial charge is 0.408 e. The third kappa shape index (κ3) is 6.54. The molecule has 20 heavy (non-hydrogen) atoms. The maximum atomic E-state index is 11.8. The number of nitrogens with one attached hydrogen (secondary N) is 1. The highest BCUT2D eigenvalue weighted by atomic mass is 16.7. The molecular formula is C14H27NO5. The maximum absolute atomic E-state index is 11.8. The van der Waals surface area contributed by atoms with E-state index in [-0.39, 0.29) is 19.5 Å². The van der Waals surface area contributed by atoms with Crippen molar-refractivity contribution in [1.29, 1.82) is 0 Å². The second kappa shape index (κ2) is 7.24. The Balaban J connectivity index is 2.42.